The number of ether oxygens (including phenoxy) is 4. The summed E-state index contributed by atoms with van der Waals surface area (Å²) in [5.41, 5.74) is 4.29. The Hall–Kier alpha value is -3.66. The molecule has 0 bridgehead atoms. The van der Waals surface area contributed by atoms with E-state index >= 15 is 0 Å². The van der Waals surface area contributed by atoms with Gasteiger partial charge in [-0.25, -0.2) is 9.97 Å². The van der Waals surface area contributed by atoms with Gasteiger partial charge < -0.3 is 28.8 Å². The molecule has 1 fully saturated rings. The summed E-state index contributed by atoms with van der Waals surface area (Å²) >= 11 is 0. The van der Waals surface area contributed by atoms with E-state index in [0.717, 1.165) is 66.8 Å². The summed E-state index contributed by atoms with van der Waals surface area (Å²) in [7, 11) is 1.69. The van der Waals surface area contributed by atoms with E-state index in [1.807, 2.05) is 30.3 Å². The van der Waals surface area contributed by atoms with E-state index in [1.54, 1.807) is 19.6 Å². The minimum Gasteiger partial charge on any atom is -0.497 e. The molecule has 0 aliphatic carbocycles. The molecular weight excluding hydrogens is 482 g/mol. The monoisotopic (exact) mass is 517 g/mol. The van der Waals surface area contributed by atoms with Gasteiger partial charge in [0.2, 0.25) is 0 Å². The lowest BCUT2D eigenvalue weighted by molar-refractivity contribution is 0.0170. The molecule has 3 heterocycles. The van der Waals surface area contributed by atoms with Crippen LogP contribution < -0.4 is 14.4 Å². The predicted molar refractivity (Wildman–Crippen MR) is 147 cm³/mol. The molecule has 200 valence electrons. The Labute approximate surface area is 223 Å². The zero-order valence-electron chi connectivity index (χ0n) is 21.8. The summed E-state index contributed by atoms with van der Waals surface area (Å²) in [5, 5.41) is 0. The highest BCUT2D eigenvalue weighted by Gasteiger charge is 2.13. The number of rotatable bonds is 13. The lowest BCUT2D eigenvalue weighted by Crippen LogP contribution is -2.38. The minimum atomic E-state index is 0.488. The number of morpholine rings is 1. The van der Waals surface area contributed by atoms with Crippen LogP contribution in [0.2, 0.25) is 0 Å². The van der Waals surface area contributed by atoms with E-state index in [1.165, 1.54) is 5.56 Å². The number of H-pyrrole nitrogens is 1. The first-order valence-corrected chi connectivity index (χ1v) is 13.0. The topological polar surface area (TPSA) is 85.0 Å². The van der Waals surface area contributed by atoms with E-state index in [9.17, 15) is 0 Å². The number of nitrogens with zero attached hydrogens (tertiary/aromatic N) is 4. The SMILES string of the molecule is COc1cccc(CN(Cc2ccc3nc[nH]c3c2)c2ccc(OCCOCCN3CCOCC3)cn2)c1. The summed E-state index contributed by atoms with van der Waals surface area (Å²) in [6.07, 6.45) is 3.50. The quantitative estimate of drug-likeness (QED) is 0.267. The number of imidazole rings is 1. The highest BCUT2D eigenvalue weighted by atomic mass is 16.5. The molecule has 1 aliphatic heterocycles. The average molecular weight is 518 g/mol. The lowest BCUT2D eigenvalue weighted by Gasteiger charge is -2.26. The lowest BCUT2D eigenvalue weighted by atomic mass is 10.1. The Kier molecular flexibility index (Phi) is 9.04. The molecule has 1 saturated heterocycles. The van der Waals surface area contributed by atoms with Crippen molar-refractivity contribution in [3.8, 4) is 11.5 Å². The third-order valence-corrected chi connectivity index (χ3v) is 6.56. The largest absolute Gasteiger partial charge is 0.497 e. The van der Waals surface area contributed by atoms with Gasteiger partial charge in [-0.05, 0) is 47.5 Å². The molecule has 0 spiro atoms. The molecule has 38 heavy (non-hydrogen) atoms. The molecule has 1 N–H and O–H groups in total. The number of anilines is 1. The van der Waals surface area contributed by atoms with Crippen LogP contribution >= 0.6 is 0 Å². The molecule has 0 atom stereocenters. The van der Waals surface area contributed by atoms with Crippen molar-refractivity contribution in [1.82, 2.24) is 19.9 Å². The average Bonchev–Trinajstić information content (AvgIpc) is 3.44. The van der Waals surface area contributed by atoms with Gasteiger partial charge in [-0.3, -0.25) is 4.90 Å². The second kappa shape index (κ2) is 13.2. The summed E-state index contributed by atoms with van der Waals surface area (Å²) in [6, 6.07) is 18.4. The van der Waals surface area contributed by atoms with E-state index < -0.39 is 0 Å². The second-order valence-electron chi connectivity index (χ2n) is 9.23. The number of hydrogen-bond acceptors (Lipinski definition) is 8. The molecule has 2 aromatic heterocycles. The zero-order valence-corrected chi connectivity index (χ0v) is 21.8. The first-order valence-electron chi connectivity index (χ1n) is 13.0. The van der Waals surface area contributed by atoms with Crippen LogP contribution in [0.3, 0.4) is 0 Å². The van der Waals surface area contributed by atoms with Crippen molar-refractivity contribution in [2.24, 2.45) is 0 Å². The second-order valence-corrected chi connectivity index (χ2v) is 9.23. The van der Waals surface area contributed by atoms with Crippen LogP contribution in [-0.2, 0) is 22.6 Å². The maximum Gasteiger partial charge on any atom is 0.137 e. The number of nitrogens with one attached hydrogen (secondary N) is 1. The van der Waals surface area contributed by atoms with Crippen molar-refractivity contribution in [2.75, 3.05) is 64.7 Å². The third kappa shape index (κ3) is 7.22. The standard InChI is InChI=1S/C29H35N5O4/c1-35-25-4-2-3-23(17-25)20-34(21-24-5-7-27-28(18-24)32-22-31-27)29-8-6-26(19-30-29)38-16-15-37-14-11-33-9-12-36-13-10-33/h2-8,17-19,22H,9-16,20-21H2,1H3,(H,31,32). The van der Waals surface area contributed by atoms with Crippen LogP contribution in [0.4, 0.5) is 5.82 Å². The smallest absolute Gasteiger partial charge is 0.137 e. The van der Waals surface area contributed by atoms with Crippen LogP contribution in [-0.4, -0.2) is 79.6 Å². The van der Waals surface area contributed by atoms with Crippen molar-refractivity contribution in [2.45, 2.75) is 13.1 Å². The van der Waals surface area contributed by atoms with Crippen LogP contribution in [0.5, 0.6) is 11.5 Å². The van der Waals surface area contributed by atoms with Crippen molar-refractivity contribution < 1.29 is 18.9 Å². The van der Waals surface area contributed by atoms with Crippen molar-refractivity contribution in [3.05, 3.63) is 78.2 Å². The molecule has 2 aromatic carbocycles. The number of aromatic nitrogens is 3. The Bertz CT molecular complexity index is 1270. The van der Waals surface area contributed by atoms with Gasteiger partial charge in [-0.1, -0.05) is 18.2 Å². The molecule has 9 heteroatoms. The normalized spacial score (nSPS) is 14.0. The predicted octanol–water partition coefficient (Wildman–Crippen LogP) is 3.90. The molecule has 0 radical (unpaired) electrons. The highest BCUT2D eigenvalue weighted by Crippen LogP contribution is 2.23. The van der Waals surface area contributed by atoms with E-state index in [4.69, 9.17) is 23.9 Å². The van der Waals surface area contributed by atoms with Gasteiger partial charge in [0.25, 0.3) is 0 Å². The van der Waals surface area contributed by atoms with Gasteiger partial charge in [-0.15, -0.1) is 0 Å². The zero-order chi connectivity index (χ0) is 26.0. The summed E-state index contributed by atoms with van der Waals surface area (Å²) in [5.74, 6) is 2.43. The van der Waals surface area contributed by atoms with Gasteiger partial charge in [0.05, 0.1) is 57.1 Å². The number of fused-ring (bicyclic) bond motifs is 1. The number of methoxy groups -OCH3 is 1. The first-order chi connectivity index (χ1) is 18.8. The molecule has 0 unspecified atom stereocenters. The molecule has 0 amide bonds. The van der Waals surface area contributed by atoms with Gasteiger partial charge >= 0.3 is 0 Å². The van der Waals surface area contributed by atoms with Crippen molar-refractivity contribution >= 4 is 16.9 Å². The Morgan fingerprint density at radius 3 is 2.61 bits per heavy atom. The van der Waals surface area contributed by atoms with E-state index in [0.29, 0.717) is 32.9 Å². The Morgan fingerprint density at radius 2 is 1.79 bits per heavy atom. The maximum absolute atomic E-state index is 5.87. The first kappa shape index (κ1) is 26.0. The molecular formula is C29H35N5O4. The van der Waals surface area contributed by atoms with Crippen LogP contribution in [0.25, 0.3) is 11.0 Å². The van der Waals surface area contributed by atoms with Crippen LogP contribution in [0.15, 0.2) is 67.1 Å². The number of pyridine rings is 1. The number of hydrogen-bond donors (Lipinski definition) is 1. The minimum absolute atomic E-state index is 0.488. The molecule has 5 rings (SSSR count). The van der Waals surface area contributed by atoms with Crippen molar-refractivity contribution in [3.63, 3.8) is 0 Å². The van der Waals surface area contributed by atoms with E-state index in [2.05, 4.69) is 44.0 Å². The fraction of sp³-hybridized carbons (Fsp3) is 0.379. The maximum atomic E-state index is 5.87. The summed E-state index contributed by atoms with van der Waals surface area (Å²) < 4.78 is 22.4. The number of aromatic amines is 1. The Morgan fingerprint density at radius 1 is 0.921 bits per heavy atom. The van der Waals surface area contributed by atoms with Crippen LogP contribution in [0, 0.1) is 0 Å². The van der Waals surface area contributed by atoms with Gasteiger partial charge in [-0.2, -0.15) is 0 Å². The molecule has 0 saturated carbocycles. The number of benzene rings is 2. The van der Waals surface area contributed by atoms with E-state index in [-0.39, 0.29) is 0 Å². The van der Waals surface area contributed by atoms with Gasteiger partial charge in [0, 0.05) is 32.7 Å². The summed E-state index contributed by atoms with van der Waals surface area (Å²) in [6.45, 7) is 7.60. The third-order valence-electron chi connectivity index (χ3n) is 6.56. The fourth-order valence-electron chi connectivity index (χ4n) is 4.49. The Balaban J connectivity index is 1.19. The van der Waals surface area contributed by atoms with Crippen LogP contribution in [0.1, 0.15) is 11.1 Å². The fourth-order valence-corrected chi connectivity index (χ4v) is 4.49. The molecule has 4 aromatic rings. The summed E-state index contributed by atoms with van der Waals surface area (Å²) in [4.78, 5) is 16.9. The highest BCUT2D eigenvalue weighted by molar-refractivity contribution is 5.75. The molecule has 1 aliphatic rings. The van der Waals surface area contributed by atoms with Gasteiger partial charge in [0.1, 0.15) is 23.9 Å². The van der Waals surface area contributed by atoms with Gasteiger partial charge in [0.15, 0.2) is 0 Å². The molecule has 9 nitrogen and oxygen atoms in total. The van der Waals surface area contributed by atoms with Crippen molar-refractivity contribution in [1.29, 1.82) is 0 Å².